The standard InChI is InChI=1S/C27H20N2O5/c1-14-11-12-16(13-21(14)29(33)34)28-25(31)23-22-17-7-3-5-9-19(17)27(15(2)30,24(23)26(28)32)20-10-6-4-8-18(20)22/h3-13,22-24H,1-2H3. The Hall–Kier alpha value is -4.13. The Balaban J connectivity index is 1.63. The number of aryl methyl sites for hydroxylation is 1. The van der Waals surface area contributed by atoms with E-state index >= 15 is 0 Å². The van der Waals surface area contributed by atoms with Gasteiger partial charge in [-0.1, -0.05) is 54.6 Å². The number of hydrogen-bond acceptors (Lipinski definition) is 5. The van der Waals surface area contributed by atoms with E-state index in [0.717, 1.165) is 27.2 Å². The van der Waals surface area contributed by atoms with E-state index in [2.05, 4.69) is 0 Å². The molecular weight excluding hydrogens is 432 g/mol. The van der Waals surface area contributed by atoms with Crippen LogP contribution < -0.4 is 4.90 Å². The van der Waals surface area contributed by atoms with Crippen LogP contribution in [-0.4, -0.2) is 22.5 Å². The number of hydrogen-bond donors (Lipinski definition) is 0. The number of nitro benzene ring substituents is 1. The van der Waals surface area contributed by atoms with Crippen LogP contribution in [0.3, 0.4) is 0 Å². The fourth-order valence-corrected chi connectivity index (χ4v) is 6.56. The van der Waals surface area contributed by atoms with Gasteiger partial charge in [0.25, 0.3) is 5.69 Å². The number of Topliss-reactive ketones (excluding diaryl/α,β-unsaturated/α-hetero) is 1. The van der Waals surface area contributed by atoms with E-state index in [0.29, 0.717) is 5.56 Å². The predicted octanol–water partition coefficient (Wildman–Crippen LogP) is 4.04. The first-order valence-corrected chi connectivity index (χ1v) is 11.1. The molecule has 168 valence electrons. The summed E-state index contributed by atoms with van der Waals surface area (Å²) < 4.78 is 0. The van der Waals surface area contributed by atoms with Crippen molar-refractivity contribution in [2.75, 3.05) is 4.90 Å². The van der Waals surface area contributed by atoms with Gasteiger partial charge in [0.2, 0.25) is 11.8 Å². The number of carbonyl (C=O) groups is 3. The Morgan fingerprint density at radius 2 is 1.53 bits per heavy atom. The lowest BCUT2D eigenvalue weighted by molar-refractivity contribution is -0.385. The van der Waals surface area contributed by atoms with Crippen molar-refractivity contribution in [1.82, 2.24) is 0 Å². The Kier molecular flexibility index (Phi) is 4.03. The molecule has 1 fully saturated rings. The number of nitrogens with zero attached hydrogens (tertiary/aromatic N) is 2. The zero-order valence-corrected chi connectivity index (χ0v) is 18.5. The maximum absolute atomic E-state index is 14.0. The number of imide groups is 1. The molecule has 7 nitrogen and oxygen atoms in total. The van der Waals surface area contributed by atoms with Gasteiger partial charge in [-0.3, -0.25) is 24.5 Å². The lowest BCUT2D eigenvalue weighted by Gasteiger charge is -2.52. The summed E-state index contributed by atoms with van der Waals surface area (Å²) in [5.74, 6) is -3.15. The fraction of sp³-hybridized carbons (Fsp3) is 0.222. The molecule has 1 aliphatic heterocycles. The van der Waals surface area contributed by atoms with Crippen LogP contribution in [0.2, 0.25) is 0 Å². The minimum atomic E-state index is -1.29. The van der Waals surface area contributed by atoms with Crippen LogP contribution in [-0.2, 0) is 19.8 Å². The van der Waals surface area contributed by atoms with Gasteiger partial charge in [-0.05, 0) is 42.2 Å². The van der Waals surface area contributed by atoms with Crippen molar-refractivity contribution in [1.29, 1.82) is 0 Å². The predicted molar refractivity (Wildman–Crippen MR) is 123 cm³/mol. The first kappa shape index (κ1) is 20.5. The second-order valence-corrected chi connectivity index (χ2v) is 9.26. The summed E-state index contributed by atoms with van der Waals surface area (Å²) in [6, 6.07) is 19.5. The average Bonchev–Trinajstić information content (AvgIpc) is 3.10. The van der Waals surface area contributed by atoms with E-state index in [1.165, 1.54) is 19.1 Å². The van der Waals surface area contributed by atoms with Gasteiger partial charge in [0.1, 0.15) is 5.78 Å². The molecule has 3 aromatic carbocycles. The van der Waals surface area contributed by atoms with E-state index < -0.39 is 34.0 Å². The summed E-state index contributed by atoms with van der Waals surface area (Å²) in [5.41, 5.74) is 2.45. The van der Waals surface area contributed by atoms with Crippen LogP contribution >= 0.6 is 0 Å². The minimum Gasteiger partial charge on any atom is -0.299 e. The molecule has 0 N–H and O–H groups in total. The van der Waals surface area contributed by atoms with E-state index in [-0.39, 0.29) is 23.1 Å². The third-order valence-corrected chi connectivity index (χ3v) is 7.82. The Bertz CT molecular complexity index is 1410. The molecule has 0 spiro atoms. The molecule has 2 amide bonds. The zero-order valence-electron chi connectivity index (χ0n) is 18.5. The van der Waals surface area contributed by atoms with Gasteiger partial charge in [0, 0.05) is 17.5 Å². The van der Waals surface area contributed by atoms with Crippen LogP contribution in [0.25, 0.3) is 0 Å². The molecule has 4 aliphatic rings. The van der Waals surface area contributed by atoms with Crippen LogP contribution in [0.1, 0.15) is 40.7 Å². The number of amides is 2. The molecule has 2 bridgehead atoms. The van der Waals surface area contributed by atoms with E-state index in [1.54, 1.807) is 13.0 Å². The second-order valence-electron chi connectivity index (χ2n) is 9.26. The average molecular weight is 452 g/mol. The number of carbonyl (C=O) groups excluding carboxylic acids is 3. The van der Waals surface area contributed by atoms with Crippen molar-refractivity contribution in [2.45, 2.75) is 25.2 Å². The van der Waals surface area contributed by atoms with Crippen molar-refractivity contribution in [3.63, 3.8) is 0 Å². The van der Waals surface area contributed by atoms with Crippen molar-refractivity contribution in [2.24, 2.45) is 11.8 Å². The van der Waals surface area contributed by atoms with Crippen LogP contribution in [0.4, 0.5) is 11.4 Å². The van der Waals surface area contributed by atoms with Gasteiger partial charge >= 0.3 is 0 Å². The summed E-state index contributed by atoms with van der Waals surface area (Å²) in [6.07, 6.45) is 0. The third-order valence-electron chi connectivity index (χ3n) is 7.82. The molecule has 2 atom stereocenters. The highest BCUT2D eigenvalue weighted by molar-refractivity contribution is 6.25. The highest BCUT2D eigenvalue weighted by Crippen LogP contribution is 2.64. The first-order chi connectivity index (χ1) is 16.3. The lowest BCUT2D eigenvalue weighted by Crippen LogP contribution is -2.57. The fourth-order valence-electron chi connectivity index (χ4n) is 6.56. The molecule has 3 aromatic rings. The third kappa shape index (κ3) is 2.24. The quantitative estimate of drug-likeness (QED) is 0.339. The number of anilines is 1. The van der Waals surface area contributed by atoms with E-state index in [1.807, 2.05) is 48.5 Å². The maximum Gasteiger partial charge on any atom is 0.274 e. The number of nitro groups is 1. The van der Waals surface area contributed by atoms with E-state index in [4.69, 9.17) is 0 Å². The normalized spacial score (nSPS) is 26.2. The van der Waals surface area contributed by atoms with Crippen molar-refractivity contribution < 1.29 is 19.3 Å². The van der Waals surface area contributed by atoms with Gasteiger partial charge in [-0.2, -0.15) is 0 Å². The van der Waals surface area contributed by atoms with Crippen LogP contribution in [0.15, 0.2) is 66.7 Å². The second kappa shape index (κ2) is 6.70. The highest BCUT2D eigenvalue weighted by atomic mass is 16.6. The van der Waals surface area contributed by atoms with Crippen molar-refractivity contribution in [3.05, 3.63) is 105 Å². The van der Waals surface area contributed by atoms with Gasteiger partial charge in [-0.15, -0.1) is 0 Å². The Labute approximate surface area is 195 Å². The maximum atomic E-state index is 14.0. The highest BCUT2D eigenvalue weighted by Gasteiger charge is 2.70. The molecule has 1 saturated heterocycles. The van der Waals surface area contributed by atoms with Gasteiger partial charge < -0.3 is 0 Å². The van der Waals surface area contributed by atoms with Gasteiger partial charge in [0.05, 0.1) is 27.9 Å². The topological polar surface area (TPSA) is 97.6 Å². The van der Waals surface area contributed by atoms with Gasteiger partial charge in [-0.25, -0.2) is 4.90 Å². The number of ketones is 1. The SMILES string of the molecule is CC(=O)C12c3ccccc3C(c3ccccc31)C1C(=O)N(c3ccc(C)c([N+](=O)[O-])c3)C(=O)C12. The molecule has 2 unspecified atom stereocenters. The number of rotatable bonds is 3. The molecular formula is C27H20N2O5. The summed E-state index contributed by atoms with van der Waals surface area (Å²) in [7, 11) is 0. The molecule has 0 radical (unpaired) electrons. The summed E-state index contributed by atoms with van der Waals surface area (Å²) in [6.45, 7) is 3.08. The smallest absolute Gasteiger partial charge is 0.274 e. The summed E-state index contributed by atoms with van der Waals surface area (Å²) >= 11 is 0. The molecule has 7 rings (SSSR count). The van der Waals surface area contributed by atoms with Crippen molar-refractivity contribution >= 4 is 29.0 Å². The first-order valence-electron chi connectivity index (χ1n) is 11.1. The Morgan fingerprint density at radius 3 is 2.09 bits per heavy atom. The van der Waals surface area contributed by atoms with Gasteiger partial charge in [0.15, 0.2) is 0 Å². The lowest BCUT2D eigenvalue weighted by atomic mass is 9.46. The largest absolute Gasteiger partial charge is 0.299 e. The molecule has 0 saturated carbocycles. The van der Waals surface area contributed by atoms with Crippen LogP contribution in [0.5, 0.6) is 0 Å². The van der Waals surface area contributed by atoms with Crippen molar-refractivity contribution in [3.8, 4) is 0 Å². The minimum absolute atomic E-state index is 0.160. The van der Waals surface area contributed by atoms with E-state index in [9.17, 15) is 24.5 Å². The number of benzene rings is 3. The summed E-state index contributed by atoms with van der Waals surface area (Å²) in [5, 5.41) is 11.5. The molecule has 1 heterocycles. The molecule has 0 aromatic heterocycles. The molecule has 3 aliphatic carbocycles. The molecule has 34 heavy (non-hydrogen) atoms. The monoisotopic (exact) mass is 452 g/mol. The zero-order chi connectivity index (χ0) is 23.9. The van der Waals surface area contributed by atoms with Crippen LogP contribution in [0, 0.1) is 28.9 Å². The summed E-state index contributed by atoms with van der Waals surface area (Å²) in [4.78, 5) is 53.6. The Morgan fingerprint density at radius 1 is 0.941 bits per heavy atom. The molecule has 7 heteroatoms.